The van der Waals surface area contributed by atoms with Crippen LogP contribution in [-0.4, -0.2) is 51.4 Å². The van der Waals surface area contributed by atoms with Gasteiger partial charge in [0.15, 0.2) is 0 Å². The number of likely N-dealkylation sites (N-methyl/N-ethyl adjacent to an activating group) is 1. The SMILES string of the molecule is CC(Cc1ccccc1S(=O)c1ccccc1)N(C)C.O=C(O)C=CC(=O)O. The monoisotopic (exact) mass is 403 g/mol. The number of rotatable bonds is 7. The number of aliphatic carboxylic acids is 2. The average Bonchev–Trinajstić information content (AvgIpc) is 2.67. The van der Waals surface area contributed by atoms with Gasteiger partial charge in [0.2, 0.25) is 0 Å². The molecule has 0 aromatic heterocycles. The largest absolute Gasteiger partial charge is 0.478 e. The van der Waals surface area contributed by atoms with E-state index in [0.29, 0.717) is 18.2 Å². The fraction of sp³-hybridized carbons (Fsp3) is 0.238. The Morgan fingerprint density at radius 2 is 1.46 bits per heavy atom. The van der Waals surface area contributed by atoms with Gasteiger partial charge in [-0.2, -0.15) is 0 Å². The number of benzene rings is 2. The highest BCUT2D eigenvalue weighted by Gasteiger charge is 2.14. The van der Waals surface area contributed by atoms with Crippen molar-refractivity contribution in [1.29, 1.82) is 0 Å². The number of carboxylic acids is 2. The van der Waals surface area contributed by atoms with Gasteiger partial charge in [0.25, 0.3) is 0 Å². The Balaban J connectivity index is 0.000000416. The average molecular weight is 404 g/mol. The third kappa shape index (κ3) is 8.28. The number of carbonyl (C=O) groups is 2. The minimum Gasteiger partial charge on any atom is -0.478 e. The predicted molar refractivity (Wildman–Crippen MR) is 109 cm³/mol. The summed E-state index contributed by atoms with van der Waals surface area (Å²) >= 11 is 0. The van der Waals surface area contributed by atoms with Crippen LogP contribution in [0.1, 0.15) is 12.5 Å². The van der Waals surface area contributed by atoms with Crippen LogP contribution in [0.4, 0.5) is 0 Å². The van der Waals surface area contributed by atoms with Crippen molar-refractivity contribution in [2.45, 2.75) is 29.2 Å². The summed E-state index contributed by atoms with van der Waals surface area (Å²) in [5.41, 5.74) is 1.16. The number of hydrogen-bond donors (Lipinski definition) is 2. The summed E-state index contributed by atoms with van der Waals surface area (Å²) in [5.74, 6) is -2.51. The van der Waals surface area contributed by atoms with Gasteiger partial charge in [0, 0.05) is 28.0 Å². The lowest BCUT2D eigenvalue weighted by molar-refractivity contribution is -0.134. The van der Waals surface area contributed by atoms with E-state index in [9.17, 15) is 13.8 Å². The van der Waals surface area contributed by atoms with Crippen LogP contribution >= 0.6 is 0 Å². The summed E-state index contributed by atoms with van der Waals surface area (Å²) in [4.78, 5) is 23.1. The lowest BCUT2D eigenvalue weighted by Crippen LogP contribution is -2.27. The zero-order chi connectivity index (χ0) is 21.1. The highest BCUT2D eigenvalue weighted by molar-refractivity contribution is 7.85. The Morgan fingerprint density at radius 3 is 1.96 bits per heavy atom. The summed E-state index contributed by atoms with van der Waals surface area (Å²) in [5, 5.41) is 15.6. The molecule has 0 fully saturated rings. The van der Waals surface area contributed by atoms with Crippen LogP contribution in [0.25, 0.3) is 0 Å². The predicted octanol–water partition coefficient (Wildman–Crippen LogP) is 3.06. The van der Waals surface area contributed by atoms with Crippen molar-refractivity contribution in [3.8, 4) is 0 Å². The van der Waals surface area contributed by atoms with Crippen molar-refractivity contribution in [2.24, 2.45) is 0 Å². The molecule has 0 aliphatic rings. The first kappa shape index (κ1) is 23.3. The second-order valence-corrected chi connectivity index (χ2v) is 7.66. The van der Waals surface area contributed by atoms with Gasteiger partial charge in [0.05, 0.1) is 10.8 Å². The van der Waals surface area contributed by atoms with Crippen molar-refractivity contribution in [3.63, 3.8) is 0 Å². The van der Waals surface area contributed by atoms with E-state index in [2.05, 4.69) is 32.0 Å². The van der Waals surface area contributed by atoms with Crippen LogP contribution in [0, 0.1) is 0 Å². The lowest BCUT2D eigenvalue weighted by atomic mass is 10.1. The lowest BCUT2D eigenvalue weighted by Gasteiger charge is -2.21. The van der Waals surface area contributed by atoms with Gasteiger partial charge in [-0.1, -0.05) is 36.4 Å². The molecule has 2 unspecified atom stereocenters. The Labute approximate surface area is 167 Å². The van der Waals surface area contributed by atoms with Crippen molar-refractivity contribution in [3.05, 3.63) is 72.3 Å². The van der Waals surface area contributed by atoms with E-state index in [1.807, 2.05) is 48.5 Å². The van der Waals surface area contributed by atoms with Crippen LogP contribution in [0.3, 0.4) is 0 Å². The minimum absolute atomic E-state index is 0.420. The van der Waals surface area contributed by atoms with Crippen LogP contribution in [0.15, 0.2) is 76.5 Å². The summed E-state index contributed by atoms with van der Waals surface area (Å²) in [7, 11) is 3.04. The summed E-state index contributed by atoms with van der Waals surface area (Å²) in [6.07, 6.45) is 2.02. The molecule has 2 atom stereocenters. The topological polar surface area (TPSA) is 94.9 Å². The van der Waals surface area contributed by atoms with Crippen molar-refractivity contribution in [1.82, 2.24) is 4.90 Å². The Bertz CT molecular complexity index is 818. The highest BCUT2D eigenvalue weighted by Crippen LogP contribution is 2.21. The molecule has 0 amide bonds. The summed E-state index contributed by atoms with van der Waals surface area (Å²) < 4.78 is 12.7. The number of hydrogen-bond acceptors (Lipinski definition) is 4. The van der Waals surface area contributed by atoms with E-state index in [-0.39, 0.29) is 0 Å². The normalized spacial score (nSPS) is 12.9. The molecule has 0 aliphatic heterocycles. The van der Waals surface area contributed by atoms with Gasteiger partial charge in [-0.15, -0.1) is 0 Å². The van der Waals surface area contributed by atoms with Gasteiger partial charge < -0.3 is 15.1 Å². The molecular formula is C21H25NO5S. The minimum atomic E-state index is -1.26. The van der Waals surface area contributed by atoms with E-state index >= 15 is 0 Å². The Hall–Kier alpha value is -2.77. The first-order valence-corrected chi connectivity index (χ1v) is 9.72. The Morgan fingerprint density at radius 1 is 0.964 bits per heavy atom. The van der Waals surface area contributed by atoms with Crippen molar-refractivity contribution >= 4 is 22.7 Å². The Kier molecular flexibility index (Phi) is 9.84. The number of nitrogens with zero attached hydrogens (tertiary/aromatic N) is 1. The molecule has 0 bridgehead atoms. The molecule has 150 valence electrons. The molecule has 2 aromatic rings. The zero-order valence-corrected chi connectivity index (χ0v) is 16.9. The molecule has 28 heavy (non-hydrogen) atoms. The van der Waals surface area contributed by atoms with Gasteiger partial charge in [-0.25, -0.2) is 13.8 Å². The molecule has 0 heterocycles. The summed E-state index contributed by atoms with van der Waals surface area (Å²) in [6.45, 7) is 2.18. The van der Waals surface area contributed by atoms with Gasteiger partial charge in [0.1, 0.15) is 0 Å². The standard InChI is InChI=1S/C17H21NOS.C4H4O4/c1-14(18(2)3)13-15-9-7-8-12-17(15)20(19)16-10-5-4-6-11-16;5-3(6)1-2-4(7)8/h4-12,14H,13H2,1-3H3;1-2H,(H,5,6)(H,7,8). The highest BCUT2D eigenvalue weighted by atomic mass is 32.2. The van der Waals surface area contributed by atoms with E-state index in [1.54, 1.807) is 0 Å². The molecule has 0 spiro atoms. The van der Waals surface area contributed by atoms with Crippen LogP contribution < -0.4 is 0 Å². The third-order valence-corrected chi connectivity index (χ3v) is 5.39. The van der Waals surface area contributed by atoms with Crippen LogP contribution in [-0.2, 0) is 26.8 Å². The quantitative estimate of drug-likeness (QED) is 0.690. The van der Waals surface area contributed by atoms with E-state index < -0.39 is 22.7 Å². The van der Waals surface area contributed by atoms with Gasteiger partial charge >= 0.3 is 11.9 Å². The third-order valence-electron chi connectivity index (χ3n) is 3.89. The van der Waals surface area contributed by atoms with E-state index in [4.69, 9.17) is 10.2 Å². The van der Waals surface area contributed by atoms with Crippen molar-refractivity contribution in [2.75, 3.05) is 14.1 Å². The maximum absolute atomic E-state index is 12.7. The van der Waals surface area contributed by atoms with Crippen LogP contribution in [0.2, 0.25) is 0 Å². The fourth-order valence-electron chi connectivity index (χ4n) is 2.17. The molecule has 2 rings (SSSR count). The second kappa shape index (κ2) is 11.8. The number of carboxylic acid groups (broad SMARTS) is 2. The smallest absolute Gasteiger partial charge is 0.328 e. The van der Waals surface area contributed by atoms with Gasteiger partial charge in [-0.05, 0) is 51.2 Å². The van der Waals surface area contributed by atoms with E-state index in [1.165, 1.54) is 0 Å². The van der Waals surface area contributed by atoms with Crippen LogP contribution in [0.5, 0.6) is 0 Å². The summed E-state index contributed by atoms with van der Waals surface area (Å²) in [6, 6.07) is 18.1. The van der Waals surface area contributed by atoms with E-state index in [0.717, 1.165) is 21.8 Å². The van der Waals surface area contributed by atoms with Gasteiger partial charge in [-0.3, -0.25) is 0 Å². The first-order chi connectivity index (χ1) is 13.2. The molecule has 2 N–H and O–H groups in total. The molecule has 0 radical (unpaired) electrons. The molecule has 7 heteroatoms. The molecule has 6 nitrogen and oxygen atoms in total. The molecule has 0 saturated heterocycles. The molecule has 0 saturated carbocycles. The van der Waals surface area contributed by atoms with Crippen molar-refractivity contribution < 1.29 is 24.0 Å². The molecule has 0 aliphatic carbocycles. The zero-order valence-electron chi connectivity index (χ0n) is 16.1. The molecule has 2 aromatic carbocycles. The maximum Gasteiger partial charge on any atom is 0.328 e. The maximum atomic E-state index is 12.7. The second-order valence-electron chi connectivity index (χ2n) is 6.22. The molecular weight excluding hydrogens is 378 g/mol. The first-order valence-electron chi connectivity index (χ1n) is 8.57. The fourth-order valence-corrected chi connectivity index (χ4v) is 3.42.